The topological polar surface area (TPSA) is 61.0 Å². The van der Waals surface area contributed by atoms with Crippen molar-refractivity contribution in [1.82, 2.24) is 9.97 Å². The van der Waals surface area contributed by atoms with Gasteiger partial charge in [-0.15, -0.1) is 0 Å². The van der Waals surface area contributed by atoms with Crippen LogP contribution in [0, 0.1) is 12.3 Å². The van der Waals surface area contributed by atoms with Gasteiger partial charge in [0.1, 0.15) is 5.60 Å². The Labute approximate surface area is 122 Å². The van der Waals surface area contributed by atoms with E-state index in [4.69, 9.17) is 15.5 Å². The van der Waals surface area contributed by atoms with Crippen molar-refractivity contribution in [3.63, 3.8) is 0 Å². The monoisotopic (exact) mass is 277 g/mol. The van der Waals surface area contributed by atoms with E-state index in [1.807, 2.05) is 20.0 Å². The summed E-state index contributed by atoms with van der Waals surface area (Å²) in [6.45, 7) is 8.59. The van der Waals surface area contributed by atoms with Crippen LogP contribution in [0.25, 0.3) is 0 Å². The molecule has 4 heteroatoms. The number of rotatable bonds is 3. The van der Waals surface area contributed by atoms with Gasteiger partial charge in [0.2, 0.25) is 0 Å². The Kier molecular flexibility index (Phi) is 4.17. The molecule has 2 rings (SSSR count). The van der Waals surface area contributed by atoms with Crippen LogP contribution in [0.2, 0.25) is 0 Å². The first-order valence-electron chi connectivity index (χ1n) is 7.44. The van der Waals surface area contributed by atoms with Crippen LogP contribution in [0.15, 0.2) is 6.20 Å². The molecular weight excluding hydrogens is 250 g/mol. The number of aryl methyl sites for hydroxylation is 1. The average Bonchev–Trinajstić information content (AvgIpc) is 2.39. The lowest BCUT2D eigenvalue weighted by Gasteiger charge is -2.41. The molecule has 0 unspecified atom stereocenters. The van der Waals surface area contributed by atoms with Gasteiger partial charge in [0.25, 0.3) is 0 Å². The molecule has 1 heterocycles. The van der Waals surface area contributed by atoms with Crippen LogP contribution >= 0.6 is 0 Å². The predicted molar refractivity (Wildman–Crippen MR) is 80.3 cm³/mol. The van der Waals surface area contributed by atoms with E-state index in [1.165, 1.54) is 0 Å². The third kappa shape index (κ3) is 2.86. The minimum absolute atomic E-state index is 0.0344. The molecule has 0 aromatic carbocycles. The minimum Gasteiger partial charge on any atom is -0.370 e. The van der Waals surface area contributed by atoms with Gasteiger partial charge >= 0.3 is 0 Å². The summed E-state index contributed by atoms with van der Waals surface area (Å²) >= 11 is 0. The highest BCUT2D eigenvalue weighted by Gasteiger charge is 2.42. The Balaban J connectivity index is 2.31. The Bertz CT molecular complexity index is 473. The third-order valence-electron chi connectivity index (χ3n) is 4.72. The molecule has 0 aliphatic heterocycles. The van der Waals surface area contributed by atoms with Crippen LogP contribution in [0.3, 0.4) is 0 Å². The van der Waals surface area contributed by atoms with Gasteiger partial charge in [0.15, 0.2) is 5.82 Å². The number of nitrogens with two attached hydrogens (primary N) is 1. The first-order chi connectivity index (χ1) is 9.30. The maximum absolute atomic E-state index is 5.93. The zero-order chi connectivity index (χ0) is 15.0. The van der Waals surface area contributed by atoms with Crippen molar-refractivity contribution >= 4 is 0 Å². The van der Waals surface area contributed by atoms with E-state index in [0.717, 1.165) is 42.8 Å². The van der Waals surface area contributed by atoms with Crippen molar-refractivity contribution in [2.24, 2.45) is 11.1 Å². The molecule has 0 radical (unpaired) electrons. The standard InChI is InChI=1S/C16H27N3O/c1-11(17)13-10-18-14(19-12(13)2)16(20-5)8-6-15(3,4)7-9-16/h10-11H,6-9,17H2,1-5H3/t11-/m1/s1. The molecule has 1 aliphatic rings. The summed E-state index contributed by atoms with van der Waals surface area (Å²) in [6, 6.07) is -0.0344. The van der Waals surface area contributed by atoms with Crippen LogP contribution in [-0.4, -0.2) is 17.1 Å². The fourth-order valence-electron chi connectivity index (χ4n) is 2.99. The molecule has 2 N–H and O–H groups in total. The normalized spacial score (nSPS) is 22.5. The van der Waals surface area contributed by atoms with Crippen LogP contribution in [0.1, 0.15) is 69.6 Å². The van der Waals surface area contributed by atoms with Gasteiger partial charge in [-0.05, 0) is 44.9 Å². The van der Waals surface area contributed by atoms with E-state index in [1.54, 1.807) is 7.11 Å². The molecule has 1 fully saturated rings. The zero-order valence-corrected chi connectivity index (χ0v) is 13.4. The summed E-state index contributed by atoms with van der Waals surface area (Å²) in [6.07, 6.45) is 6.10. The number of methoxy groups -OCH3 is 1. The van der Waals surface area contributed by atoms with E-state index < -0.39 is 0 Å². The van der Waals surface area contributed by atoms with Crippen molar-refractivity contribution in [2.45, 2.75) is 65.0 Å². The van der Waals surface area contributed by atoms with Crippen molar-refractivity contribution in [1.29, 1.82) is 0 Å². The molecule has 1 atom stereocenters. The highest BCUT2D eigenvalue weighted by atomic mass is 16.5. The molecule has 112 valence electrons. The summed E-state index contributed by atoms with van der Waals surface area (Å²) in [5.41, 5.74) is 7.98. The van der Waals surface area contributed by atoms with Crippen LogP contribution in [0.4, 0.5) is 0 Å². The lowest BCUT2D eigenvalue weighted by molar-refractivity contribution is -0.0730. The summed E-state index contributed by atoms with van der Waals surface area (Å²) in [5.74, 6) is 0.817. The Hall–Kier alpha value is -1.00. The van der Waals surface area contributed by atoms with E-state index in [-0.39, 0.29) is 11.6 Å². The second kappa shape index (κ2) is 5.41. The number of nitrogens with zero attached hydrogens (tertiary/aromatic N) is 2. The Morgan fingerprint density at radius 3 is 2.30 bits per heavy atom. The number of hydrogen-bond acceptors (Lipinski definition) is 4. The molecule has 20 heavy (non-hydrogen) atoms. The Morgan fingerprint density at radius 1 is 1.25 bits per heavy atom. The molecular formula is C16H27N3O. The van der Waals surface area contributed by atoms with Crippen molar-refractivity contribution in [2.75, 3.05) is 7.11 Å². The van der Waals surface area contributed by atoms with Gasteiger partial charge in [-0.1, -0.05) is 13.8 Å². The lowest BCUT2D eigenvalue weighted by atomic mass is 9.70. The fourth-order valence-corrected chi connectivity index (χ4v) is 2.99. The van der Waals surface area contributed by atoms with Crippen molar-refractivity contribution in [3.05, 3.63) is 23.3 Å². The molecule has 1 aromatic heterocycles. The average molecular weight is 277 g/mol. The number of hydrogen-bond donors (Lipinski definition) is 1. The van der Waals surface area contributed by atoms with Crippen LogP contribution < -0.4 is 5.73 Å². The van der Waals surface area contributed by atoms with Crippen LogP contribution in [0.5, 0.6) is 0 Å². The maximum atomic E-state index is 5.93. The maximum Gasteiger partial charge on any atom is 0.160 e. The van der Waals surface area contributed by atoms with E-state index >= 15 is 0 Å². The lowest BCUT2D eigenvalue weighted by Crippen LogP contribution is -2.38. The highest BCUT2D eigenvalue weighted by Crippen LogP contribution is 2.46. The fraction of sp³-hybridized carbons (Fsp3) is 0.750. The van der Waals surface area contributed by atoms with E-state index in [9.17, 15) is 0 Å². The van der Waals surface area contributed by atoms with Gasteiger partial charge < -0.3 is 10.5 Å². The number of ether oxygens (including phenoxy) is 1. The van der Waals surface area contributed by atoms with E-state index in [2.05, 4.69) is 18.8 Å². The van der Waals surface area contributed by atoms with Gasteiger partial charge in [0.05, 0.1) is 0 Å². The zero-order valence-electron chi connectivity index (χ0n) is 13.4. The van der Waals surface area contributed by atoms with Crippen molar-refractivity contribution < 1.29 is 4.74 Å². The number of aromatic nitrogens is 2. The summed E-state index contributed by atoms with van der Waals surface area (Å²) < 4.78 is 5.86. The first-order valence-corrected chi connectivity index (χ1v) is 7.44. The summed E-state index contributed by atoms with van der Waals surface area (Å²) in [7, 11) is 1.77. The SMILES string of the molecule is COC1(c2ncc([C@@H](C)N)c(C)n2)CCC(C)(C)CC1. The Morgan fingerprint density at radius 2 is 1.85 bits per heavy atom. The second-order valence-corrected chi connectivity index (χ2v) is 6.89. The molecule has 4 nitrogen and oxygen atoms in total. The van der Waals surface area contributed by atoms with Gasteiger partial charge in [-0.2, -0.15) is 0 Å². The molecule has 1 saturated carbocycles. The molecule has 1 aliphatic carbocycles. The smallest absolute Gasteiger partial charge is 0.160 e. The van der Waals surface area contributed by atoms with Gasteiger partial charge in [-0.3, -0.25) is 0 Å². The largest absolute Gasteiger partial charge is 0.370 e. The molecule has 0 saturated heterocycles. The highest BCUT2D eigenvalue weighted by molar-refractivity contribution is 5.21. The molecule has 0 bridgehead atoms. The minimum atomic E-state index is -0.323. The first kappa shape index (κ1) is 15.4. The van der Waals surface area contributed by atoms with Gasteiger partial charge in [-0.25, -0.2) is 9.97 Å². The molecule has 1 aromatic rings. The molecule has 0 spiro atoms. The van der Waals surface area contributed by atoms with E-state index in [0.29, 0.717) is 5.41 Å². The second-order valence-electron chi connectivity index (χ2n) is 6.89. The third-order valence-corrected chi connectivity index (χ3v) is 4.72. The van der Waals surface area contributed by atoms with Crippen LogP contribution in [-0.2, 0) is 10.3 Å². The van der Waals surface area contributed by atoms with Crippen molar-refractivity contribution in [3.8, 4) is 0 Å². The quantitative estimate of drug-likeness (QED) is 0.921. The predicted octanol–water partition coefficient (Wildman–Crippen LogP) is 3.25. The van der Waals surface area contributed by atoms with Gasteiger partial charge in [0, 0.05) is 30.6 Å². The summed E-state index contributed by atoms with van der Waals surface area (Å²) in [5, 5.41) is 0. The molecule has 0 amide bonds. The summed E-state index contributed by atoms with van der Waals surface area (Å²) in [4.78, 5) is 9.25.